The molecule has 3 nitrogen and oxygen atoms in total. The summed E-state index contributed by atoms with van der Waals surface area (Å²) in [6.45, 7) is 4.56. The molecule has 76 valence electrons. The highest BCUT2D eigenvalue weighted by Crippen LogP contribution is 2.36. The van der Waals surface area contributed by atoms with Gasteiger partial charge in [-0.05, 0) is 44.2 Å². The Hall–Kier alpha value is -1.22. The second kappa shape index (κ2) is 3.50. The van der Waals surface area contributed by atoms with Crippen LogP contribution in [0.25, 0.3) is 0 Å². The lowest BCUT2D eigenvalue weighted by Gasteiger charge is -2.14. The molecule has 0 aliphatic carbocycles. The quantitative estimate of drug-likeness (QED) is 0.779. The number of hydrogen-bond donors (Lipinski definition) is 1. The maximum Gasteiger partial charge on any atom is 0.231 e. The van der Waals surface area contributed by atoms with Crippen molar-refractivity contribution in [1.82, 2.24) is 5.32 Å². The van der Waals surface area contributed by atoms with Gasteiger partial charge in [0.15, 0.2) is 11.5 Å². The van der Waals surface area contributed by atoms with Gasteiger partial charge in [-0.1, -0.05) is 0 Å². The second-order valence-corrected chi connectivity index (χ2v) is 3.57. The Bertz CT molecular complexity index is 349. The van der Waals surface area contributed by atoms with Gasteiger partial charge >= 0.3 is 0 Å². The molecule has 1 unspecified atom stereocenters. The fourth-order valence-electron chi connectivity index (χ4n) is 1.68. The number of fused-ring (bicyclic) bond motifs is 1. The summed E-state index contributed by atoms with van der Waals surface area (Å²) in [6.07, 6.45) is 0. The van der Waals surface area contributed by atoms with Crippen molar-refractivity contribution in [3.05, 3.63) is 23.3 Å². The average molecular weight is 193 g/mol. The molecule has 1 N–H and O–H groups in total. The molecule has 0 saturated carbocycles. The highest BCUT2D eigenvalue weighted by atomic mass is 16.7. The molecule has 1 aromatic carbocycles. The van der Waals surface area contributed by atoms with E-state index in [0.717, 1.165) is 11.5 Å². The molecule has 0 spiro atoms. The van der Waals surface area contributed by atoms with Crippen LogP contribution in [0.1, 0.15) is 24.1 Å². The lowest BCUT2D eigenvalue weighted by Crippen LogP contribution is -2.13. The van der Waals surface area contributed by atoms with Crippen molar-refractivity contribution < 1.29 is 9.47 Å². The molecule has 3 heteroatoms. The third kappa shape index (κ3) is 1.44. The zero-order valence-corrected chi connectivity index (χ0v) is 8.76. The molecule has 1 heterocycles. The Kier molecular flexibility index (Phi) is 2.33. The van der Waals surface area contributed by atoms with Crippen LogP contribution >= 0.6 is 0 Å². The summed E-state index contributed by atoms with van der Waals surface area (Å²) in [5, 5.41) is 3.22. The number of benzene rings is 1. The molecular formula is C11H15NO2. The molecule has 0 aromatic heterocycles. The Labute approximate surface area is 84.0 Å². The highest BCUT2D eigenvalue weighted by molar-refractivity contribution is 5.49. The summed E-state index contributed by atoms with van der Waals surface area (Å²) in [5.74, 6) is 1.71. The summed E-state index contributed by atoms with van der Waals surface area (Å²) in [4.78, 5) is 0. The number of rotatable bonds is 2. The van der Waals surface area contributed by atoms with E-state index < -0.39 is 0 Å². The number of ether oxygens (including phenoxy) is 2. The Morgan fingerprint density at radius 3 is 2.57 bits per heavy atom. The summed E-state index contributed by atoms with van der Waals surface area (Å²) in [7, 11) is 1.95. The van der Waals surface area contributed by atoms with Gasteiger partial charge in [-0.3, -0.25) is 0 Å². The van der Waals surface area contributed by atoms with E-state index in [4.69, 9.17) is 9.47 Å². The van der Waals surface area contributed by atoms with Crippen molar-refractivity contribution in [3.63, 3.8) is 0 Å². The van der Waals surface area contributed by atoms with Crippen LogP contribution in [0, 0.1) is 6.92 Å². The first-order valence-corrected chi connectivity index (χ1v) is 4.79. The number of nitrogens with one attached hydrogen (secondary N) is 1. The lowest BCUT2D eigenvalue weighted by atomic mass is 10.0. The van der Waals surface area contributed by atoms with E-state index in [-0.39, 0.29) is 0 Å². The van der Waals surface area contributed by atoms with E-state index in [2.05, 4.69) is 25.2 Å². The van der Waals surface area contributed by atoms with E-state index in [1.54, 1.807) is 0 Å². The predicted octanol–water partition coefficient (Wildman–Crippen LogP) is 2.00. The van der Waals surface area contributed by atoms with Gasteiger partial charge in [0.2, 0.25) is 6.79 Å². The topological polar surface area (TPSA) is 30.5 Å². The van der Waals surface area contributed by atoms with Crippen molar-refractivity contribution in [2.75, 3.05) is 13.8 Å². The minimum atomic E-state index is 0.337. The zero-order valence-electron chi connectivity index (χ0n) is 8.76. The van der Waals surface area contributed by atoms with Gasteiger partial charge in [-0.15, -0.1) is 0 Å². The molecule has 14 heavy (non-hydrogen) atoms. The Morgan fingerprint density at radius 1 is 1.29 bits per heavy atom. The van der Waals surface area contributed by atoms with Gasteiger partial charge in [0.05, 0.1) is 0 Å². The SMILES string of the molecule is CNC(C)c1cc2c(cc1C)OCO2. The first kappa shape index (κ1) is 9.34. The molecular weight excluding hydrogens is 178 g/mol. The van der Waals surface area contributed by atoms with Gasteiger partial charge in [-0.25, -0.2) is 0 Å². The van der Waals surface area contributed by atoms with Crippen molar-refractivity contribution in [2.45, 2.75) is 19.9 Å². The molecule has 1 aliphatic rings. The van der Waals surface area contributed by atoms with Crippen LogP contribution in [-0.2, 0) is 0 Å². The van der Waals surface area contributed by atoms with Crippen LogP contribution in [0.4, 0.5) is 0 Å². The summed E-state index contributed by atoms with van der Waals surface area (Å²) >= 11 is 0. The van der Waals surface area contributed by atoms with Gasteiger partial charge in [0.1, 0.15) is 0 Å². The van der Waals surface area contributed by atoms with Crippen LogP contribution in [0.2, 0.25) is 0 Å². The smallest absolute Gasteiger partial charge is 0.231 e. The van der Waals surface area contributed by atoms with Gasteiger partial charge < -0.3 is 14.8 Å². The Balaban J connectivity index is 2.42. The van der Waals surface area contributed by atoms with Crippen molar-refractivity contribution >= 4 is 0 Å². The fourth-order valence-corrected chi connectivity index (χ4v) is 1.68. The minimum absolute atomic E-state index is 0.337. The third-order valence-electron chi connectivity index (χ3n) is 2.66. The molecule has 0 radical (unpaired) electrons. The summed E-state index contributed by atoms with van der Waals surface area (Å²) in [6, 6.07) is 4.43. The molecule has 1 aliphatic heterocycles. The molecule has 0 amide bonds. The molecule has 0 saturated heterocycles. The van der Waals surface area contributed by atoms with Crippen LogP contribution in [-0.4, -0.2) is 13.8 Å². The zero-order chi connectivity index (χ0) is 10.1. The Morgan fingerprint density at radius 2 is 1.93 bits per heavy atom. The number of hydrogen-bond acceptors (Lipinski definition) is 3. The standard InChI is InChI=1S/C11H15NO2/c1-7-4-10-11(14-6-13-10)5-9(7)8(2)12-3/h4-5,8,12H,6H2,1-3H3. The first-order valence-electron chi connectivity index (χ1n) is 4.79. The van der Waals surface area contributed by atoms with Crippen LogP contribution in [0.15, 0.2) is 12.1 Å². The van der Waals surface area contributed by atoms with E-state index in [0.29, 0.717) is 12.8 Å². The third-order valence-corrected chi connectivity index (χ3v) is 2.66. The highest BCUT2D eigenvalue weighted by Gasteiger charge is 2.17. The summed E-state index contributed by atoms with van der Waals surface area (Å²) < 4.78 is 10.6. The van der Waals surface area contributed by atoms with Crippen LogP contribution < -0.4 is 14.8 Å². The van der Waals surface area contributed by atoms with Gasteiger partial charge in [-0.2, -0.15) is 0 Å². The average Bonchev–Trinajstić information content (AvgIpc) is 2.62. The van der Waals surface area contributed by atoms with E-state index in [1.165, 1.54) is 11.1 Å². The maximum absolute atomic E-state index is 5.34. The fraction of sp³-hybridized carbons (Fsp3) is 0.455. The normalized spacial score (nSPS) is 15.6. The predicted molar refractivity (Wildman–Crippen MR) is 54.8 cm³/mol. The van der Waals surface area contributed by atoms with E-state index in [9.17, 15) is 0 Å². The van der Waals surface area contributed by atoms with Crippen LogP contribution in [0.5, 0.6) is 11.5 Å². The monoisotopic (exact) mass is 193 g/mol. The minimum Gasteiger partial charge on any atom is -0.454 e. The van der Waals surface area contributed by atoms with E-state index >= 15 is 0 Å². The van der Waals surface area contributed by atoms with Crippen molar-refractivity contribution in [2.24, 2.45) is 0 Å². The molecule has 1 atom stereocenters. The van der Waals surface area contributed by atoms with Crippen molar-refractivity contribution in [1.29, 1.82) is 0 Å². The maximum atomic E-state index is 5.34. The number of aryl methyl sites for hydroxylation is 1. The van der Waals surface area contributed by atoms with Gasteiger partial charge in [0.25, 0.3) is 0 Å². The molecule has 1 aromatic rings. The first-order chi connectivity index (χ1) is 6.72. The lowest BCUT2D eigenvalue weighted by molar-refractivity contribution is 0.174. The van der Waals surface area contributed by atoms with Crippen molar-refractivity contribution in [3.8, 4) is 11.5 Å². The van der Waals surface area contributed by atoms with Gasteiger partial charge in [0, 0.05) is 6.04 Å². The summed E-state index contributed by atoms with van der Waals surface area (Å²) in [5.41, 5.74) is 2.49. The van der Waals surface area contributed by atoms with Crippen LogP contribution in [0.3, 0.4) is 0 Å². The molecule has 2 rings (SSSR count). The largest absolute Gasteiger partial charge is 0.454 e. The molecule has 0 bridgehead atoms. The molecule has 0 fully saturated rings. The van der Waals surface area contributed by atoms with E-state index in [1.807, 2.05) is 13.1 Å². The second-order valence-electron chi connectivity index (χ2n) is 3.57.